The molecule has 6 heteroatoms. The fourth-order valence-corrected chi connectivity index (χ4v) is 1.47. The van der Waals surface area contributed by atoms with Crippen molar-refractivity contribution in [3.8, 4) is 6.07 Å². The Labute approximate surface area is 104 Å². The Kier molecular flexibility index (Phi) is 2.98. The molecule has 1 aromatic heterocycles. The Balaban J connectivity index is 2.40. The van der Waals surface area contributed by atoms with Crippen LogP contribution in [0.4, 0.5) is 23.3 Å². The SMILES string of the molecule is Cc1ccc(Nc2nc(N)nc(N)c2C#N)cc1. The van der Waals surface area contributed by atoms with Crippen LogP contribution in [-0.4, -0.2) is 9.97 Å². The van der Waals surface area contributed by atoms with E-state index < -0.39 is 0 Å². The lowest BCUT2D eigenvalue weighted by Crippen LogP contribution is -2.07. The molecule has 0 saturated carbocycles. The first-order valence-corrected chi connectivity index (χ1v) is 5.27. The topological polar surface area (TPSA) is 114 Å². The molecule has 0 radical (unpaired) electrons. The van der Waals surface area contributed by atoms with Crippen LogP contribution in [0.3, 0.4) is 0 Å². The lowest BCUT2D eigenvalue weighted by molar-refractivity contribution is 1.18. The predicted octanol–water partition coefficient (Wildman–Crippen LogP) is 1.56. The van der Waals surface area contributed by atoms with Gasteiger partial charge in [0, 0.05) is 5.69 Å². The van der Waals surface area contributed by atoms with E-state index in [0.29, 0.717) is 5.82 Å². The first kappa shape index (κ1) is 11.7. The molecule has 18 heavy (non-hydrogen) atoms. The van der Waals surface area contributed by atoms with Crippen LogP contribution in [0.5, 0.6) is 0 Å². The van der Waals surface area contributed by atoms with E-state index in [1.807, 2.05) is 37.3 Å². The number of rotatable bonds is 2. The molecule has 1 heterocycles. The Morgan fingerprint density at radius 3 is 2.44 bits per heavy atom. The van der Waals surface area contributed by atoms with Crippen molar-refractivity contribution in [3.63, 3.8) is 0 Å². The van der Waals surface area contributed by atoms with Gasteiger partial charge in [0.05, 0.1) is 0 Å². The van der Waals surface area contributed by atoms with Crippen LogP contribution < -0.4 is 16.8 Å². The number of nitrogens with two attached hydrogens (primary N) is 2. The summed E-state index contributed by atoms with van der Waals surface area (Å²) in [5.41, 5.74) is 13.3. The minimum atomic E-state index is 0.0288. The van der Waals surface area contributed by atoms with Crippen molar-refractivity contribution in [2.75, 3.05) is 16.8 Å². The Morgan fingerprint density at radius 2 is 1.83 bits per heavy atom. The van der Waals surface area contributed by atoms with Crippen LogP contribution in [0.25, 0.3) is 0 Å². The lowest BCUT2D eigenvalue weighted by atomic mass is 10.2. The van der Waals surface area contributed by atoms with Gasteiger partial charge in [-0.2, -0.15) is 15.2 Å². The minimum Gasteiger partial charge on any atom is -0.382 e. The largest absolute Gasteiger partial charge is 0.382 e. The molecule has 0 atom stereocenters. The fourth-order valence-electron chi connectivity index (χ4n) is 1.47. The van der Waals surface area contributed by atoms with Gasteiger partial charge >= 0.3 is 0 Å². The van der Waals surface area contributed by atoms with E-state index in [1.54, 1.807) is 0 Å². The number of nitrogens with zero attached hydrogens (tertiary/aromatic N) is 3. The molecule has 0 saturated heterocycles. The van der Waals surface area contributed by atoms with Crippen LogP contribution in [0.1, 0.15) is 11.1 Å². The van der Waals surface area contributed by atoms with Gasteiger partial charge in [0.25, 0.3) is 0 Å². The van der Waals surface area contributed by atoms with Crippen LogP contribution in [-0.2, 0) is 0 Å². The number of hydrogen-bond donors (Lipinski definition) is 3. The van der Waals surface area contributed by atoms with Gasteiger partial charge < -0.3 is 16.8 Å². The van der Waals surface area contributed by atoms with Crippen molar-refractivity contribution < 1.29 is 0 Å². The third-order valence-electron chi connectivity index (χ3n) is 2.38. The second-order valence-corrected chi connectivity index (χ2v) is 3.79. The van der Waals surface area contributed by atoms with Gasteiger partial charge in [-0.3, -0.25) is 0 Å². The molecule has 6 nitrogen and oxygen atoms in total. The van der Waals surface area contributed by atoms with Crippen molar-refractivity contribution in [2.24, 2.45) is 0 Å². The van der Waals surface area contributed by atoms with Gasteiger partial charge in [-0.15, -0.1) is 0 Å². The van der Waals surface area contributed by atoms with E-state index in [0.717, 1.165) is 11.3 Å². The molecule has 0 aliphatic heterocycles. The van der Waals surface area contributed by atoms with E-state index in [2.05, 4.69) is 15.3 Å². The number of nitrogens with one attached hydrogen (secondary N) is 1. The molecule has 0 spiro atoms. The molecule has 2 aromatic rings. The molecule has 1 aromatic carbocycles. The number of aryl methyl sites for hydroxylation is 1. The molecule has 0 amide bonds. The monoisotopic (exact) mass is 240 g/mol. The van der Waals surface area contributed by atoms with E-state index >= 15 is 0 Å². The maximum Gasteiger partial charge on any atom is 0.224 e. The van der Waals surface area contributed by atoms with Crippen molar-refractivity contribution in [1.29, 1.82) is 5.26 Å². The third kappa shape index (κ3) is 2.30. The summed E-state index contributed by atoms with van der Waals surface area (Å²) >= 11 is 0. The Hall–Kier alpha value is -2.81. The number of anilines is 4. The first-order valence-electron chi connectivity index (χ1n) is 5.27. The van der Waals surface area contributed by atoms with Crippen molar-refractivity contribution in [3.05, 3.63) is 35.4 Å². The smallest absolute Gasteiger partial charge is 0.224 e. The summed E-state index contributed by atoms with van der Waals surface area (Å²) in [6, 6.07) is 9.61. The summed E-state index contributed by atoms with van der Waals surface area (Å²) in [4.78, 5) is 7.72. The molecular formula is C12H12N6. The van der Waals surface area contributed by atoms with Gasteiger partial charge in [-0.1, -0.05) is 17.7 Å². The van der Waals surface area contributed by atoms with E-state index in [9.17, 15) is 0 Å². The molecule has 0 unspecified atom stereocenters. The highest BCUT2D eigenvalue weighted by Crippen LogP contribution is 2.22. The van der Waals surface area contributed by atoms with Crippen molar-refractivity contribution >= 4 is 23.3 Å². The molecule has 0 bridgehead atoms. The minimum absolute atomic E-state index is 0.0288. The molecule has 0 fully saturated rings. The standard InChI is InChI=1S/C12H12N6/c1-7-2-4-8(5-3-7)16-11-9(6-13)10(14)17-12(15)18-11/h2-5H,1H3,(H5,14,15,16,17,18). The average Bonchev–Trinajstić information content (AvgIpc) is 2.32. The summed E-state index contributed by atoms with van der Waals surface area (Å²) in [5, 5.41) is 12.0. The maximum absolute atomic E-state index is 9.02. The van der Waals surface area contributed by atoms with Crippen LogP contribution >= 0.6 is 0 Å². The number of nitriles is 1. The summed E-state index contributed by atoms with van der Waals surface area (Å²) in [6.45, 7) is 1.99. The van der Waals surface area contributed by atoms with Gasteiger partial charge in [0.15, 0.2) is 5.82 Å². The third-order valence-corrected chi connectivity index (χ3v) is 2.38. The van der Waals surface area contributed by atoms with Crippen molar-refractivity contribution in [2.45, 2.75) is 6.92 Å². The molecule has 0 aliphatic rings. The molecule has 0 aliphatic carbocycles. The Morgan fingerprint density at radius 1 is 1.17 bits per heavy atom. The Bertz CT molecular complexity index is 612. The zero-order valence-electron chi connectivity index (χ0n) is 9.81. The number of aromatic nitrogens is 2. The van der Waals surface area contributed by atoms with E-state index in [1.165, 1.54) is 0 Å². The highest BCUT2D eigenvalue weighted by molar-refractivity contribution is 5.69. The quantitative estimate of drug-likeness (QED) is 0.734. The van der Waals surface area contributed by atoms with Crippen molar-refractivity contribution in [1.82, 2.24) is 9.97 Å². The summed E-state index contributed by atoms with van der Waals surface area (Å²) in [6.07, 6.45) is 0. The molecular weight excluding hydrogens is 228 g/mol. The number of benzene rings is 1. The van der Waals surface area contributed by atoms with E-state index in [-0.39, 0.29) is 17.3 Å². The highest BCUT2D eigenvalue weighted by atomic mass is 15.1. The van der Waals surface area contributed by atoms with Gasteiger partial charge in [0.1, 0.15) is 17.5 Å². The van der Waals surface area contributed by atoms with Crippen LogP contribution in [0.2, 0.25) is 0 Å². The fraction of sp³-hybridized carbons (Fsp3) is 0.0833. The van der Waals surface area contributed by atoms with Gasteiger partial charge in [0.2, 0.25) is 5.95 Å². The van der Waals surface area contributed by atoms with Crippen LogP contribution in [0, 0.1) is 18.3 Å². The lowest BCUT2D eigenvalue weighted by Gasteiger charge is -2.09. The van der Waals surface area contributed by atoms with E-state index in [4.69, 9.17) is 16.7 Å². The summed E-state index contributed by atoms with van der Waals surface area (Å²) in [5.74, 6) is 0.409. The molecule has 90 valence electrons. The normalized spacial score (nSPS) is 9.78. The number of hydrogen-bond acceptors (Lipinski definition) is 6. The average molecular weight is 240 g/mol. The zero-order chi connectivity index (χ0) is 13.1. The highest BCUT2D eigenvalue weighted by Gasteiger charge is 2.10. The number of nitrogen functional groups attached to an aromatic ring is 2. The summed E-state index contributed by atoms with van der Waals surface area (Å²) in [7, 11) is 0. The second-order valence-electron chi connectivity index (χ2n) is 3.79. The molecule has 2 rings (SSSR count). The summed E-state index contributed by atoms with van der Waals surface area (Å²) < 4.78 is 0. The van der Waals surface area contributed by atoms with Gasteiger partial charge in [-0.25, -0.2) is 0 Å². The molecule has 5 N–H and O–H groups in total. The predicted molar refractivity (Wildman–Crippen MR) is 70.0 cm³/mol. The first-order chi connectivity index (χ1) is 8.60. The zero-order valence-corrected chi connectivity index (χ0v) is 9.81. The van der Waals surface area contributed by atoms with Crippen LogP contribution in [0.15, 0.2) is 24.3 Å². The van der Waals surface area contributed by atoms with Gasteiger partial charge in [-0.05, 0) is 19.1 Å². The maximum atomic E-state index is 9.02. The second kappa shape index (κ2) is 4.59.